The molecule has 0 radical (unpaired) electrons. The van der Waals surface area contributed by atoms with E-state index in [4.69, 9.17) is 10.7 Å². The lowest BCUT2D eigenvalue weighted by atomic mass is 10.1. The van der Waals surface area contributed by atoms with Crippen LogP contribution >= 0.6 is 0 Å². The molecule has 2 aromatic rings. The van der Waals surface area contributed by atoms with Gasteiger partial charge in [0.05, 0.1) is 17.9 Å². The highest BCUT2D eigenvalue weighted by atomic mass is 16.2. The lowest BCUT2D eigenvalue weighted by molar-refractivity contribution is -0.120. The molecule has 0 unspecified atom stereocenters. The minimum absolute atomic E-state index is 0.0632. The number of carbonyl (C=O) groups is 2. The minimum Gasteiger partial charge on any atom is -0.364 e. The first-order valence-electron chi connectivity index (χ1n) is 9.85. The highest BCUT2D eigenvalue weighted by Gasteiger charge is 2.30. The zero-order chi connectivity index (χ0) is 20.8. The van der Waals surface area contributed by atoms with Crippen LogP contribution in [0.4, 0.5) is 11.5 Å². The van der Waals surface area contributed by atoms with Gasteiger partial charge in [-0.2, -0.15) is 0 Å². The predicted molar refractivity (Wildman–Crippen MR) is 110 cm³/mol. The Balaban J connectivity index is 1.76. The number of hydrogen-bond acceptors (Lipinski definition) is 7. The largest absolute Gasteiger partial charge is 0.364 e. The van der Waals surface area contributed by atoms with Crippen LogP contribution in [0.1, 0.15) is 53.3 Å². The second-order valence-electron chi connectivity index (χ2n) is 7.04. The van der Waals surface area contributed by atoms with Gasteiger partial charge in [-0.3, -0.25) is 14.6 Å². The van der Waals surface area contributed by atoms with Crippen LogP contribution in [0.3, 0.4) is 0 Å². The summed E-state index contributed by atoms with van der Waals surface area (Å²) in [7, 11) is 1.72. The van der Waals surface area contributed by atoms with Gasteiger partial charge in [0.25, 0.3) is 5.91 Å². The van der Waals surface area contributed by atoms with Crippen molar-refractivity contribution in [2.24, 2.45) is 5.73 Å². The van der Waals surface area contributed by atoms with Gasteiger partial charge in [0.1, 0.15) is 0 Å². The molecule has 9 heteroatoms. The molecule has 0 aromatic carbocycles. The number of hydrogen-bond donors (Lipinski definition) is 4. The van der Waals surface area contributed by atoms with Crippen LogP contribution in [0.15, 0.2) is 18.3 Å². The number of nitrogens with two attached hydrogens (primary N) is 1. The van der Waals surface area contributed by atoms with Crippen LogP contribution in [0.5, 0.6) is 0 Å². The number of anilines is 2. The highest BCUT2D eigenvalue weighted by Crippen LogP contribution is 2.41. The molecule has 1 aliphatic rings. The van der Waals surface area contributed by atoms with Crippen molar-refractivity contribution < 1.29 is 9.59 Å². The number of primary amides is 1. The first-order chi connectivity index (χ1) is 14.0. The zero-order valence-corrected chi connectivity index (χ0v) is 16.8. The number of rotatable bonds is 10. The van der Waals surface area contributed by atoms with Crippen LogP contribution in [0, 0.1) is 0 Å². The Morgan fingerprint density at radius 2 is 2.07 bits per heavy atom. The maximum atomic E-state index is 11.9. The Bertz CT molecular complexity index is 896. The number of amides is 2. The third-order valence-electron chi connectivity index (χ3n) is 4.65. The van der Waals surface area contributed by atoms with Gasteiger partial charge < -0.3 is 21.7 Å². The lowest BCUT2D eigenvalue weighted by Gasteiger charge is -2.14. The monoisotopic (exact) mass is 397 g/mol. The van der Waals surface area contributed by atoms with Gasteiger partial charge in [-0.1, -0.05) is 6.92 Å². The minimum atomic E-state index is -0.612. The smallest absolute Gasteiger partial charge is 0.271 e. The van der Waals surface area contributed by atoms with Crippen molar-refractivity contribution in [3.63, 3.8) is 0 Å². The molecule has 1 fully saturated rings. The van der Waals surface area contributed by atoms with Crippen molar-refractivity contribution in [1.29, 1.82) is 0 Å². The summed E-state index contributed by atoms with van der Waals surface area (Å²) < 4.78 is 0. The van der Waals surface area contributed by atoms with E-state index in [1.807, 2.05) is 13.0 Å². The zero-order valence-electron chi connectivity index (χ0n) is 16.8. The fourth-order valence-corrected chi connectivity index (χ4v) is 3.07. The summed E-state index contributed by atoms with van der Waals surface area (Å²) in [5, 5.41) is 8.80. The molecule has 9 nitrogen and oxygen atoms in total. The van der Waals surface area contributed by atoms with Crippen LogP contribution < -0.4 is 21.7 Å². The third-order valence-corrected chi connectivity index (χ3v) is 4.65. The molecule has 3 rings (SSSR count). The van der Waals surface area contributed by atoms with E-state index in [0.717, 1.165) is 35.6 Å². The van der Waals surface area contributed by atoms with Crippen LogP contribution in [-0.4, -0.2) is 46.9 Å². The molecule has 154 valence electrons. The van der Waals surface area contributed by atoms with E-state index in [1.54, 1.807) is 19.3 Å². The van der Waals surface area contributed by atoms with Crippen molar-refractivity contribution in [1.82, 2.24) is 25.6 Å². The van der Waals surface area contributed by atoms with Crippen molar-refractivity contribution in [2.75, 3.05) is 25.5 Å². The molecule has 0 aliphatic heterocycles. The maximum absolute atomic E-state index is 11.9. The fraction of sp³-hybridized carbons (Fsp3) is 0.450. The summed E-state index contributed by atoms with van der Waals surface area (Å²) in [5.74, 6) is 0.107. The molecule has 2 amide bonds. The number of nitrogens with zero attached hydrogens (tertiary/aromatic N) is 3. The molecule has 5 N–H and O–H groups in total. The van der Waals surface area contributed by atoms with E-state index in [-0.39, 0.29) is 18.1 Å². The molecule has 2 aromatic heterocycles. The predicted octanol–water partition coefficient (Wildman–Crippen LogP) is 1.03. The number of aryl methyl sites for hydroxylation is 1. The van der Waals surface area contributed by atoms with E-state index in [9.17, 15) is 9.59 Å². The number of aromatic nitrogens is 3. The quantitative estimate of drug-likeness (QED) is 0.470. The molecule has 2 heterocycles. The van der Waals surface area contributed by atoms with Gasteiger partial charge in [0, 0.05) is 36.5 Å². The Morgan fingerprint density at radius 3 is 2.72 bits per heavy atom. The third kappa shape index (κ3) is 5.47. The number of pyridine rings is 1. The first-order valence-corrected chi connectivity index (χ1v) is 9.85. The van der Waals surface area contributed by atoms with Crippen molar-refractivity contribution >= 4 is 23.3 Å². The Labute approximate surface area is 169 Å². The summed E-state index contributed by atoms with van der Waals surface area (Å²) in [6.45, 7) is 2.76. The van der Waals surface area contributed by atoms with Crippen molar-refractivity contribution in [3.05, 3.63) is 41.1 Å². The standard InChI is InChI=1S/C20H27N7O2/c1-3-15-17(12-4-5-12)27-20(18(26-15)19(21)29)25-14-7-8-23-13(10-14)6-9-24-16(28)11-22-2/h7-8,10,12,22H,3-6,9,11H2,1-2H3,(H2,21,29)(H,24,28)(H,23,25,27). The molecule has 1 saturated carbocycles. The van der Waals surface area contributed by atoms with Crippen molar-refractivity contribution in [2.45, 2.75) is 38.5 Å². The van der Waals surface area contributed by atoms with Gasteiger partial charge in [-0.25, -0.2) is 9.97 Å². The Kier molecular flexibility index (Phi) is 6.71. The van der Waals surface area contributed by atoms with E-state index >= 15 is 0 Å². The summed E-state index contributed by atoms with van der Waals surface area (Å²) in [4.78, 5) is 37.0. The highest BCUT2D eigenvalue weighted by molar-refractivity contribution is 5.96. The maximum Gasteiger partial charge on any atom is 0.271 e. The lowest BCUT2D eigenvalue weighted by Crippen LogP contribution is -2.33. The summed E-state index contributed by atoms with van der Waals surface area (Å²) >= 11 is 0. The van der Waals surface area contributed by atoms with E-state index in [1.165, 1.54) is 0 Å². The van der Waals surface area contributed by atoms with Gasteiger partial charge in [-0.05, 0) is 38.4 Å². The van der Waals surface area contributed by atoms with Gasteiger partial charge in [0.15, 0.2) is 11.5 Å². The normalized spacial score (nSPS) is 13.2. The molecule has 1 aliphatic carbocycles. The molecule has 0 saturated heterocycles. The van der Waals surface area contributed by atoms with Crippen LogP contribution in [0.2, 0.25) is 0 Å². The second kappa shape index (κ2) is 9.42. The molecular weight excluding hydrogens is 370 g/mol. The molecule has 29 heavy (non-hydrogen) atoms. The summed E-state index contributed by atoms with van der Waals surface area (Å²) in [5.41, 5.74) is 9.01. The van der Waals surface area contributed by atoms with Gasteiger partial charge >= 0.3 is 0 Å². The van der Waals surface area contributed by atoms with E-state index < -0.39 is 5.91 Å². The van der Waals surface area contributed by atoms with E-state index in [0.29, 0.717) is 31.1 Å². The summed E-state index contributed by atoms with van der Waals surface area (Å²) in [6, 6.07) is 3.65. The topological polar surface area (TPSA) is 135 Å². The first kappa shape index (κ1) is 20.7. The molecule has 0 spiro atoms. The molecule has 0 atom stereocenters. The second-order valence-corrected chi connectivity index (χ2v) is 7.04. The number of likely N-dealkylation sites (N-methyl/N-ethyl adjacent to an activating group) is 1. The average Bonchev–Trinajstić information content (AvgIpc) is 3.53. The summed E-state index contributed by atoms with van der Waals surface area (Å²) in [6.07, 6.45) is 5.15. The SMILES string of the molecule is CCc1nc(C(N)=O)c(Nc2ccnc(CCNC(=O)CNC)c2)nc1C1CC1. The average molecular weight is 397 g/mol. The van der Waals surface area contributed by atoms with Gasteiger partial charge in [-0.15, -0.1) is 0 Å². The van der Waals surface area contributed by atoms with Gasteiger partial charge in [0.2, 0.25) is 5.91 Å². The van der Waals surface area contributed by atoms with E-state index in [2.05, 4.69) is 25.9 Å². The van der Waals surface area contributed by atoms with Crippen LogP contribution in [0.25, 0.3) is 0 Å². The Morgan fingerprint density at radius 1 is 1.28 bits per heavy atom. The Hall–Kier alpha value is -3.07. The number of carbonyl (C=O) groups excluding carboxylic acids is 2. The molecular formula is C20H27N7O2. The van der Waals surface area contributed by atoms with Crippen LogP contribution in [-0.2, 0) is 17.6 Å². The fourth-order valence-electron chi connectivity index (χ4n) is 3.07. The van der Waals surface area contributed by atoms with Crippen molar-refractivity contribution in [3.8, 4) is 0 Å². The number of nitrogens with one attached hydrogen (secondary N) is 3. The molecule has 0 bridgehead atoms.